The molecule has 9 heteroatoms. The average molecular weight is 430 g/mol. The lowest BCUT2D eigenvalue weighted by Gasteiger charge is -2.14. The van der Waals surface area contributed by atoms with Crippen LogP contribution in [0.15, 0.2) is 45.4 Å². The smallest absolute Gasteiger partial charge is 0.359 e. The Morgan fingerprint density at radius 2 is 2.04 bits per heavy atom. The molecule has 27 heavy (non-hydrogen) atoms. The second kappa shape index (κ2) is 7.83. The highest BCUT2D eigenvalue weighted by atomic mass is 79.9. The fourth-order valence-electron chi connectivity index (χ4n) is 2.81. The summed E-state index contributed by atoms with van der Waals surface area (Å²) in [4.78, 5) is 18.5. The zero-order valence-corrected chi connectivity index (χ0v) is 15.9. The van der Waals surface area contributed by atoms with Crippen molar-refractivity contribution in [3.05, 3.63) is 52.5 Å². The average Bonchev–Trinajstić information content (AvgIpc) is 3.38. The zero-order valence-electron chi connectivity index (χ0n) is 14.3. The van der Waals surface area contributed by atoms with E-state index in [0.29, 0.717) is 5.82 Å². The first-order chi connectivity index (χ1) is 13.2. The number of anilines is 1. The number of halogens is 1. The van der Waals surface area contributed by atoms with E-state index in [1.54, 1.807) is 12.1 Å². The molecule has 0 radical (unpaired) electrons. The molecule has 1 fully saturated rings. The number of carbonyl (C=O) groups excluding carboxylic acids is 1. The van der Waals surface area contributed by atoms with Crippen molar-refractivity contribution in [1.29, 1.82) is 0 Å². The molecular weight excluding hydrogens is 414 g/mol. The highest BCUT2D eigenvalue weighted by Crippen LogP contribution is 2.21. The van der Waals surface area contributed by atoms with Crippen LogP contribution >= 0.6 is 15.9 Å². The molecule has 138 valence electrons. The number of esters is 1. The van der Waals surface area contributed by atoms with Gasteiger partial charge in [0.15, 0.2) is 18.1 Å². The zero-order chi connectivity index (χ0) is 18.6. The van der Waals surface area contributed by atoms with E-state index < -0.39 is 5.97 Å². The fraction of sp³-hybridized carbons (Fsp3) is 0.278. The minimum atomic E-state index is -0.585. The Morgan fingerprint density at radius 3 is 2.78 bits per heavy atom. The first kappa shape index (κ1) is 17.6. The van der Waals surface area contributed by atoms with Gasteiger partial charge >= 0.3 is 5.97 Å². The molecule has 3 aromatic rings. The third-order valence-corrected chi connectivity index (χ3v) is 4.66. The molecular formula is C18H16BrN5O3. The predicted octanol–water partition coefficient (Wildman–Crippen LogP) is 3.25. The monoisotopic (exact) mass is 429 g/mol. The molecule has 0 spiro atoms. The van der Waals surface area contributed by atoms with Crippen molar-refractivity contribution < 1.29 is 14.1 Å². The van der Waals surface area contributed by atoms with E-state index >= 15 is 0 Å². The van der Waals surface area contributed by atoms with Gasteiger partial charge in [-0.3, -0.25) is 0 Å². The summed E-state index contributed by atoms with van der Waals surface area (Å²) in [7, 11) is 0. The number of benzene rings is 1. The van der Waals surface area contributed by atoms with Crippen LogP contribution in [-0.4, -0.2) is 39.4 Å². The minimum absolute atomic E-state index is 0.130. The number of aromatic nitrogens is 4. The van der Waals surface area contributed by atoms with Gasteiger partial charge in [0.05, 0.1) is 0 Å². The van der Waals surface area contributed by atoms with Crippen molar-refractivity contribution in [3.63, 3.8) is 0 Å². The quantitative estimate of drug-likeness (QED) is 0.570. The molecule has 0 N–H and O–H groups in total. The van der Waals surface area contributed by atoms with Crippen molar-refractivity contribution in [3.8, 4) is 11.4 Å². The number of carbonyl (C=O) groups is 1. The van der Waals surface area contributed by atoms with E-state index in [9.17, 15) is 4.79 Å². The van der Waals surface area contributed by atoms with Crippen LogP contribution in [0.2, 0.25) is 0 Å². The maximum absolute atomic E-state index is 12.1. The molecule has 1 aliphatic heterocycles. The first-order valence-corrected chi connectivity index (χ1v) is 9.33. The largest absolute Gasteiger partial charge is 0.451 e. The molecule has 1 saturated heterocycles. The molecule has 8 nitrogen and oxygen atoms in total. The van der Waals surface area contributed by atoms with Gasteiger partial charge in [-0.05, 0) is 37.1 Å². The molecule has 0 aliphatic carbocycles. The van der Waals surface area contributed by atoms with Gasteiger partial charge in [0.2, 0.25) is 5.82 Å². The molecule has 0 unspecified atom stereocenters. The Kier molecular flexibility index (Phi) is 5.10. The first-order valence-electron chi connectivity index (χ1n) is 8.53. The molecule has 4 rings (SSSR count). The van der Waals surface area contributed by atoms with E-state index in [-0.39, 0.29) is 18.2 Å². The van der Waals surface area contributed by atoms with Gasteiger partial charge in [-0.1, -0.05) is 33.2 Å². The molecule has 1 aromatic carbocycles. The summed E-state index contributed by atoms with van der Waals surface area (Å²) in [5.74, 6) is 0.828. The second-order valence-corrected chi connectivity index (χ2v) is 6.98. The number of hydrogen-bond donors (Lipinski definition) is 0. The van der Waals surface area contributed by atoms with Crippen LogP contribution in [0.5, 0.6) is 0 Å². The van der Waals surface area contributed by atoms with Gasteiger partial charge in [0, 0.05) is 23.1 Å². The van der Waals surface area contributed by atoms with E-state index in [2.05, 4.69) is 41.2 Å². The van der Waals surface area contributed by atoms with Crippen molar-refractivity contribution >= 4 is 27.7 Å². The van der Waals surface area contributed by atoms with E-state index in [1.165, 1.54) is 0 Å². The number of rotatable bonds is 5. The Labute approximate surface area is 163 Å². The van der Waals surface area contributed by atoms with Gasteiger partial charge in [-0.25, -0.2) is 4.79 Å². The maximum atomic E-state index is 12.1. The highest BCUT2D eigenvalue weighted by molar-refractivity contribution is 9.10. The second-order valence-electron chi connectivity index (χ2n) is 6.07. The van der Waals surface area contributed by atoms with Crippen LogP contribution in [0.25, 0.3) is 11.4 Å². The number of hydrogen-bond acceptors (Lipinski definition) is 8. The van der Waals surface area contributed by atoms with Crippen molar-refractivity contribution in [2.75, 3.05) is 18.0 Å². The van der Waals surface area contributed by atoms with Gasteiger partial charge in [-0.2, -0.15) is 4.98 Å². The van der Waals surface area contributed by atoms with Gasteiger partial charge in [0.25, 0.3) is 5.89 Å². The summed E-state index contributed by atoms with van der Waals surface area (Å²) in [6, 6.07) is 10.9. The molecule has 1 aliphatic rings. The van der Waals surface area contributed by atoms with Crippen molar-refractivity contribution in [2.45, 2.75) is 19.4 Å². The standard InChI is InChI=1S/C18H16BrN5O3/c19-13-5-3-4-12(10-13)17-20-16(27-23-17)11-26-18(25)14-6-7-15(22-21-14)24-8-1-2-9-24/h3-7,10H,1-2,8-9,11H2. The summed E-state index contributed by atoms with van der Waals surface area (Å²) in [5, 5.41) is 12.0. The van der Waals surface area contributed by atoms with Crippen LogP contribution in [0.4, 0.5) is 5.82 Å². The summed E-state index contributed by atoms with van der Waals surface area (Å²) in [6.45, 7) is 1.81. The van der Waals surface area contributed by atoms with E-state index in [0.717, 1.165) is 41.8 Å². The van der Waals surface area contributed by atoms with Crippen molar-refractivity contribution in [2.24, 2.45) is 0 Å². The predicted molar refractivity (Wildman–Crippen MR) is 100 cm³/mol. The Morgan fingerprint density at radius 1 is 1.19 bits per heavy atom. The van der Waals surface area contributed by atoms with Crippen LogP contribution in [0.1, 0.15) is 29.2 Å². The summed E-state index contributed by atoms with van der Waals surface area (Å²) in [5.41, 5.74) is 0.943. The summed E-state index contributed by atoms with van der Waals surface area (Å²) in [6.07, 6.45) is 2.30. The Balaban J connectivity index is 1.36. The third kappa shape index (κ3) is 4.13. The molecule has 0 amide bonds. The SMILES string of the molecule is O=C(OCc1nc(-c2cccc(Br)c2)no1)c1ccc(N2CCCC2)nn1. The molecule has 0 saturated carbocycles. The number of ether oxygens (including phenoxy) is 1. The lowest BCUT2D eigenvalue weighted by Crippen LogP contribution is -2.20. The molecule has 3 heterocycles. The van der Waals surface area contributed by atoms with Gasteiger partial charge in [-0.15, -0.1) is 10.2 Å². The lowest BCUT2D eigenvalue weighted by atomic mass is 10.2. The van der Waals surface area contributed by atoms with Crippen LogP contribution in [0.3, 0.4) is 0 Å². The number of nitrogens with zero attached hydrogens (tertiary/aromatic N) is 5. The summed E-state index contributed by atoms with van der Waals surface area (Å²) < 4.78 is 11.2. The molecule has 0 atom stereocenters. The van der Waals surface area contributed by atoms with Gasteiger partial charge < -0.3 is 14.2 Å². The lowest BCUT2D eigenvalue weighted by molar-refractivity contribution is 0.0421. The maximum Gasteiger partial charge on any atom is 0.359 e. The van der Waals surface area contributed by atoms with E-state index in [4.69, 9.17) is 9.26 Å². The Hall–Kier alpha value is -2.81. The van der Waals surface area contributed by atoms with Crippen LogP contribution in [0, 0.1) is 0 Å². The molecule has 0 bridgehead atoms. The van der Waals surface area contributed by atoms with E-state index in [1.807, 2.05) is 24.3 Å². The van der Waals surface area contributed by atoms with Crippen LogP contribution < -0.4 is 4.90 Å². The highest BCUT2D eigenvalue weighted by Gasteiger charge is 2.17. The third-order valence-electron chi connectivity index (χ3n) is 4.17. The summed E-state index contributed by atoms with van der Waals surface area (Å²) >= 11 is 3.40. The topological polar surface area (TPSA) is 94.2 Å². The molecule has 2 aromatic heterocycles. The van der Waals surface area contributed by atoms with Crippen molar-refractivity contribution in [1.82, 2.24) is 20.3 Å². The fourth-order valence-corrected chi connectivity index (χ4v) is 3.21. The Bertz CT molecular complexity index is 938. The van der Waals surface area contributed by atoms with Crippen LogP contribution in [-0.2, 0) is 11.3 Å². The van der Waals surface area contributed by atoms with Gasteiger partial charge in [0.1, 0.15) is 0 Å². The normalized spacial score (nSPS) is 13.7. The minimum Gasteiger partial charge on any atom is -0.451 e.